The van der Waals surface area contributed by atoms with E-state index in [-0.39, 0.29) is 17.9 Å². The molecule has 4 heteroatoms. The van der Waals surface area contributed by atoms with Gasteiger partial charge in [0.05, 0.1) is 25.2 Å². The summed E-state index contributed by atoms with van der Waals surface area (Å²) in [6.45, 7) is 3.42. The predicted octanol–water partition coefficient (Wildman–Crippen LogP) is 1.04. The van der Waals surface area contributed by atoms with Gasteiger partial charge in [-0.1, -0.05) is 24.0 Å². The molecule has 3 N–H and O–H groups in total. The number of benzene rings is 1. The van der Waals surface area contributed by atoms with Crippen molar-refractivity contribution in [1.82, 2.24) is 5.32 Å². The van der Waals surface area contributed by atoms with Gasteiger partial charge < -0.3 is 15.8 Å². The van der Waals surface area contributed by atoms with Crippen LogP contribution in [0.2, 0.25) is 0 Å². The number of ether oxygens (including phenoxy) is 1. The Bertz CT molecular complexity index is 514. The molecule has 1 heterocycles. The third kappa shape index (κ3) is 4.09. The molecule has 20 heavy (non-hydrogen) atoms. The molecular formula is C16H20N2O2. The Hall–Kier alpha value is -1.83. The van der Waals surface area contributed by atoms with Crippen LogP contribution in [0.3, 0.4) is 0 Å². The van der Waals surface area contributed by atoms with Crippen molar-refractivity contribution < 1.29 is 9.53 Å². The molecule has 4 nitrogen and oxygen atoms in total. The monoisotopic (exact) mass is 272 g/mol. The van der Waals surface area contributed by atoms with Gasteiger partial charge in [-0.25, -0.2) is 0 Å². The fourth-order valence-electron chi connectivity index (χ4n) is 2.19. The summed E-state index contributed by atoms with van der Waals surface area (Å²) in [4.78, 5) is 11.9. The van der Waals surface area contributed by atoms with Gasteiger partial charge in [-0.3, -0.25) is 4.79 Å². The van der Waals surface area contributed by atoms with Gasteiger partial charge in [-0.15, -0.1) is 0 Å². The Kier molecular flexibility index (Phi) is 5.16. The normalized spacial score (nSPS) is 21.1. The first-order chi connectivity index (χ1) is 9.69. The van der Waals surface area contributed by atoms with Crippen LogP contribution in [-0.4, -0.2) is 25.2 Å². The van der Waals surface area contributed by atoms with E-state index >= 15 is 0 Å². The first-order valence-electron chi connectivity index (χ1n) is 6.86. The van der Waals surface area contributed by atoms with Gasteiger partial charge in [0, 0.05) is 12.1 Å². The lowest BCUT2D eigenvalue weighted by Crippen LogP contribution is -2.30. The maximum atomic E-state index is 11.9. The third-order valence-corrected chi connectivity index (χ3v) is 3.32. The number of hydrogen-bond acceptors (Lipinski definition) is 3. The third-order valence-electron chi connectivity index (χ3n) is 3.32. The van der Waals surface area contributed by atoms with E-state index in [1.54, 1.807) is 0 Å². The van der Waals surface area contributed by atoms with Gasteiger partial charge in [0.2, 0.25) is 5.91 Å². The van der Waals surface area contributed by atoms with E-state index in [2.05, 4.69) is 17.2 Å². The zero-order valence-electron chi connectivity index (χ0n) is 11.7. The minimum atomic E-state index is -0.0142. The van der Waals surface area contributed by atoms with E-state index < -0.39 is 0 Å². The fraction of sp³-hybridized carbons (Fsp3) is 0.438. The first-order valence-corrected chi connectivity index (χ1v) is 6.86. The van der Waals surface area contributed by atoms with Crippen molar-refractivity contribution >= 4 is 5.91 Å². The lowest BCUT2D eigenvalue weighted by molar-refractivity contribution is -0.125. The van der Waals surface area contributed by atoms with E-state index in [0.29, 0.717) is 19.7 Å². The summed E-state index contributed by atoms with van der Waals surface area (Å²) < 4.78 is 5.41. The molecule has 2 atom stereocenters. The van der Waals surface area contributed by atoms with Gasteiger partial charge >= 0.3 is 0 Å². The second-order valence-corrected chi connectivity index (χ2v) is 5.00. The largest absolute Gasteiger partial charge is 0.378 e. The van der Waals surface area contributed by atoms with Crippen molar-refractivity contribution in [2.24, 2.45) is 11.7 Å². The highest BCUT2D eigenvalue weighted by Gasteiger charge is 2.27. The van der Waals surface area contributed by atoms with Gasteiger partial charge in [-0.2, -0.15) is 0 Å². The average Bonchev–Trinajstić information content (AvgIpc) is 2.90. The molecule has 1 aromatic rings. The van der Waals surface area contributed by atoms with Crippen LogP contribution in [0.15, 0.2) is 24.3 Å². The molecule has 1 amide bonds. The van der Waals surface area contributed by atoms with E-state index in [9.17, 15) is 4.79 Å². The topological polar surface area (TPSA) is 64.4 Å². The minimum absolute atomic E-state index is 0.0142. The Morgan fingerprint density at radius 1 is 1.45 bits per heavy atom. The quantitative estimate of drug-likeness (QED) is 0.808. The highest BCUT2D eigenvalue weighted by Crippen LogP contribution is 2.19. The van der Waals surface area contributed by atoms with Crippen LogP contribution in [0.1, 0.15) is 24.5 Å². The fourth-order valence-corrected chi connectivity index (χ4v) is 2.19. The van der Waals surface area contributed by atoms with E-state index in [0.717, 1.165) is 17.5 Å². The number of nitrogens with one attached hydrogen (secondary N) is 1. The zero-order valence-corrected chi connectivity index (χ0v) is 11.7. The summed E-state index contributed by atoms with van der Waals surface area (Å²) in [6, 6.07) is 7.80. The Morgan fingerprint density at radius 2 is 2.20 bits per heavy atom. The zero-order chi connectivity index (χ0) is 14.4. The van der Waals surface area contributed by atoms with Crippen molar-refractivity contribution in [3.05, 3.63) is 35.4 Å². The second kappa shape index (κ2) is 7.09. The Morgan fingerprint density at radius 3 is 2.80 bits per heavy atom. The SMILES string of the molecule is CC1CC(C(=O)NCc2ccc(C#CCN)cc2)CO1. The van der Waals surface area contributed by atoms with Crippen LogP contribution in [0.5, 0.6) is 0 Å². The van der Waals surface area contributed by atoms with Crippen molar-refractivity contribution in [3.63, 3.8) is 0 Å². The van der Waals surface area contributed by atoms with Crippen LogP contribution >= 0.6 is 0 Å². The molecule has 1 saturated heterocycles. The van der Waals surface area contributed by atoms with Gasteiger partial charge in [0.25, 0.3) is 0 Å². The van der Waals surface area contributed by atoms with Crippen molar-refractivity contribution in [2.75, 3.05) is 13.2 Å². The van der Waals surface area contributed by atoms with Crippen LogP contribution in [0, 0.1) is 17.8 Å². The average molecular weight is 272 g/mol. The summed E-state index contributed by atoms with van der Waals surface area (Å²) >= 11 is 0. The van der Waals surface area contributed by atoms with Crippen LogP contribution < -0.4 is 11.1 Å². The maximum Gasteiger partial charge on any atom is 0.225 e. The molecule has 1 aromatic carbocycles. The number of hydrogen-bond donors (Lipinski definition) is 2. The Labute approximate surface area is 119 Å². The summed E-state index contributed by atoms with van der Waals surface area (Å²) in [5.74, 6) is 5.83. The number of amides is 1. The molecule has 0 saturated carbocycles. The summed E-state index contributed by atoms with van der Waals surface area (Å²) in [6.07, 6.45) is 0.991. The van der Waals surface area contributed by atoms with Crippen LogP contribution in [0.4, 0.5) is 0 Å². The lowest BCUT2D eigenvalue weighted by atomic mass is 10.1. The van der Waals surface area contributed by atoms with Crippen molar-refractivity contribution in [2.45, 2.75) is 26.0 Å². The molecule has 1 aliphatic heterocycles. The molecule has 0 radical (unpaired) electrons. The van der Waals surface area contributed by atoms with Gasteiger partial charge in [0.1, 0.15) is 0 Å². The Balaban J connectivity index is 1.83. The molecule has 0 bridgehead atoms. The molecule has 1 fully saturated rings. The molecule has 2 unspecified atom stereocenters. The minimum Gasteiger partial charge on any atom is -0.378 e. The van der Waals surface area contributed by atoms with Crippen LogP contribution in [0.25, 0.3) is 0 Å². The molecule has 106 valence electrons. The van der Waals surface area contributed by atoms with Crippen molar-refractivity contribution in [1.29, 1.82) is 0 Å². The molecule has 1 aliphatic rings. The molecular weight excluding hydrogens is 252 g/mol. The maximum absolute atomic E-state index is 11.9. The number of carbonyl (C=O) groups is 1. The summed E-state index contributed by atoms with van der Waals surface area (Å²) in [7, 11) is 0. The van der Waals surface area contributed by atoms with Crippen LogP contribution in [-0.2, 0) is 16.1 Å². The number of nitrogens with two attached hydrogens (primary N) is 1. The number of rotatable bonds is 3. The van der Waals surface area contributed by atoms with Gasteiger partial charge in [-0.05, 0) is 31.0 Å². The van der Waals surface area contributed by atoms with E-state index in [1.165, 1.54) is 0 Å². The van der Waals surface area contributed by atoms with Gasteiger partial charge in [0.15, 0.2) is 0 Å². The molecule has 0 aliphatic carbocycles. The molecule has 0 spiro atoms. The molecule has 0 aromatic heterocycles. The predicted molar refractivity (Wildman–Crippen MR) is 77.7 cm³/mol. The van der Waals surface area contributed by atoms with E-state index in [1.807, 2.05) is 31.2 Å². The summed E-state index contributed by atoms with van der Waals surface area (Å²) in [5, 5.41) is 2.95. The molecule has 2 rings (SSSR count). The first kappa shape index (κ1) is 14.6. The number of carbonyl (C=O) groups excluding carboxylic acids is 1. The van der Waals surface area contributed by atoms with Crippen molar-refractivity contribution in [3.8, 4) is 11.8 Å². The highest BCUT2D eigenvalue weighted by atomic mass is 16.5. The lowest BCUT2D eigenvalue weighted by Gasteiger charge is -2.09. The standard InChI is InChI=1S/C16H20N2O2/c1-12-9-15(11-20-12)16(19)18-10-14-6-4-13(5-7-14)3-2-8-17/h4-7,12,15H,8-11,17H2,1H3,(H,18,19). The highest BCUT2D eigenvalue weighted by molar-refractivity contribution is 5.79. The van der Waals surface area contributed by atoms with E-state index in [4.69, 9.17) is 10.5 Å². The second-order valence-electron chi connectivity index (χ2n) is 5.00. The summed E-state index contributed by atoms with van der Waals surface area (Å²) in [5.41, 5.74) is 7.32. The smallest absolute Gasteiger partial charge is 0.225 e.